The number of rotatable bonds is 2. The SMILES string of the molecule is CCc1c(NC)sc2c1C1(c3ccccc3-c3ccc(C)cc31)c1ccccc1-2. The van der Waals surface area contributed by atoms with Crippen molar-refractivity contribution in [3.8, 4) is 21.6 Å². The van der Waals surface area contributed by atoms with E-state index in [-0.39, 0.29) is 5.41 Å². The first-order valence-corrected chi connectivity index (χ1v) is 11.2. The fraction of sp³-hybridized carbons (Fsp3) is 0.185. The Bertz CT molecular complexity index is 1300. The maximum absolute atomic E-state index is 3.49. The highest BCUT2D eigenvalue weighted by Crippen LogP contribution is 2.66. The lowest BCUT2D eigenvalue weighted by Crippen LogP contribution is -2.27. The highest BCUT2D eigenvalue weighted by Gasteiger charge is 2.53. The molecule has 0 fully saturated rings. The van der Waals surface area contributed by atoms with Gasteiger partial charge < -0.3 is 5.32 Å². The molecule has 3 aromatic carbocycles. The maximum Gasteiger partial charge on any atom is 0.0922 e. The summed E-state index contributed by atoms with van der Waals surface area (Å²) in [6.07, 6.45) is 1.03. The smallest absolute Gasteiger partial charge is 0.0922 e. The van der Waals surface area contributed by atoms with Crippen LogP contribution in [0.5, 0.6) is 0 Å². The number of thiophene rings is 1. The zero-order chi connectivity index (χ0) is 19.8. The van der Waals surface area contributed by atoms with Crippen molar-refractivity contribution in [2.75, 3.05) is 12.4 Å². The van der Waals surface area contributed by atoms with Gasteiger partial charge in [-0.1, -0.05) is 79.2 Å². The first-order chi connectivity index (χ1) is 14.2. The van der Waals surface area contributed by atoms with E-state index in [2.05, 4.69) is 92.9 Å². The largest absolute Gasteiger partial charge is 0.380 e. The topological polar surface area (TPSA) is 12.0 Å². The average molecular weight is 394 g/mol. The Morgan fingerprint density at radius 1 is 0.828 bits per heavy atom. The Balaban J connectivity index is 1.87. The summed E-state index contributed by atoms with van der Waals surface area (Å²) >= 11 is 1.92. The molecule has 1 heterocycles. The molecule has 0 bridgehead atoms. The highest BCUT2D eigenvalue weighted by atomic mass is 32.1. The van der Waals surface area contributed by atoms with E-state index >= 15 is 0 Å². The van der Waals surface area contributed by atoms with Crippen molar-refractivity contribution in [2.45, 2.75) is 25.7 Å². The molecule has 1 unspecified atom stereocenters. The summed E-state index contributed by atoms with van der Waals surface area (Å²) < 4.78 is 0. The van der Waals surface area contributed by atoms with Gasteiger partial charge in [0.15, 0.2) is 0 Å². The summed E-state index contributed by atoms with van der Waals surface area (Å²) in [4.78, 5) is 1.44. The second-order valence-corrected chi connectivity index (χ2v) is 9.13. The molecule has 1 aromatic heterocycles. The van der Waals surface area contributed by atoms with E-state index < -0.39 is 0 Å². The zero-order valence-corrected chi connectivity index (χ0v) is 17.8. The van der Waals surface area contributed by atoms with E-state index in [1.54, 1.807) is 0 Å². The number of hydrogen-bond donors (Lipinski definition) is 1. The van der Waals surface area contributed by atoms with Crippen molar-refractivity contribution in [3.05, 3.63) is 100 Å². The van der Waals surface area contributed by atoms with Crippen LogP contribution in [-0.2, 0) is 11.8 Å². The van der Waals surface area contributed by atoms with E-state index in [9.17, 15) is 0 Å². The molecule has 2 aliphatic carbocycles. The quantitative estimate of drug-likeness (QED) is 0.334. The molecule has 6 rings (SSSR count). The summed E-state index contributed by atoms with van der Waals surface area (Å²) in [5.74, 6) is 0. The second kappa shape index (κ2) is 5.84. The summed E-state index contributed by atoms with van der Waals surface area (Å²) in [5, 5.41) is 4.80. The summed E-state index contributed by atoms with van der Waals surface area (Å²) in [6, 6.07) is 25.1. The van der Waals surface area contributed by atoms with Gasteiger partial charge in [0, 0.05) is 11.9 Å². The van der Waals surface area contributed by atoms with Gasteiger partial charge >= 0.3 is 0 Å². The second-order valence-electron chi connectivity index (χ2n) is 8.11. The van der Waals surface area contributed by atoms with E-state index in [4.69, 9.17) is 0 Å². The van der Waals surface area contributed by atoms with Crippen LogP contribution in [0.2, 0.25) is 0 Å². The van der Waals surface area contributed by atoms with Crippen LogP contribution in [0, 0.1) is 6.92 Å². The summed E-state index contributed by atoms with van der Waals surface area (Å²) in [7, 11) is 2.05. The number of nitrogens with one attached hydrogen (secondary N) is 1. The molecule has 0 radical (unpaired) electrons. The standard InChI is InChI=1S/C27H23NS/c1-4-17-24-25(29-26(17)28-3)20-10-6-8-12-22(20)27(24)21-11-7-5-9-18(21)19-14-13-16(2)15-23(19)27/h5-15,28H,4H2,1-3H3. The van der Waals surface area contributed by atoms with Gasteiger partial charge in [-0.3, -0.25) is 0 Å². The molecule has 1 nitrogen and oxygen atoms in total. The van der Waals surface area contributed by atoms with Crippen LogP contribution in [0.1, 0.15) is 40.3 Å². The minimum Gasteiger partial charge on any atom is -0.380 e. The predicted octanol–water partition coefficient (Wildman–Crippen LogP) is 7.00. The van der Waals surface area contributed by atoms with E-state index in [1.807, 2.05) is 11.3 Å². The molecule has 0 saturated heterocycles. The van der Waals surface area contributed by atoms with Gasteiger partial charge in [-0.05, 0) is 57.9 Å². The summed E-state index contributed by atoms with van der Waals surface area (Å²) in [6.45, 7) is 4.50. The third-order valence-electron chi connectivity index (χ3n) is 6.74. The van der Waals surface area contributed by atoms with Crippen LogP contribution < -0.4 is 5.32 Å². The van der Waals surface area contributed by atoms with E-state index in [1.165, 1.54) is 59.9 Å². The van der Waals surface area contributed by atoms with Crippen LogP contribution in [0.3, 0.4) is 0 Å². The lowest BCUT2D eigenvalue weighted by Gasteiger charge is -2.31. The Morgan fingerprint density at radius 3 is 2.21 bits per heavy atom. The lowest BCUT2D eigenvalue weighted by atomic mass is 9.69. The molecule has 29 heavy (non-hydrogen) atoms. The van der Waals surface area contributed by atoms with E-state index in [0.29, 0.717) is 0 Å². The molecule has 0 aliphatic heterocycles. The van der Waals surface area contributed by atoms with Gasteiger partial charge in [-0.15, -0.1) is 11.3 Å². The van der Waals surface area contributed by atoms with Gasteiger partial charge in [0.05, 0.1) is 10.4 Å². The lowest BCUT2D eigenvalue weighted by molar-refractivity contribution is 0.781. The fourth-order valence-corrected chi connectivity index (χ4v) is 7.03. The van der Waals surface area contributed by atoms with Crippen LogP contribution in [0.4, 0.5) is 5.00 Å². The van der Waals surface area contributed by atoms with Crippen molar-refractivity contribution >= 4 is 16.3 Å². The molecule has 2 heteroatoms. The normalized spacial score (nSPS) is 17.8. The van der Waals surface area contributed by atoms with Gasteiger partial charge in [0.1, 0.15) is 0 Å². The van der Waals surface area contributed by atoms with Crippen LogP contribution in [0.25, 0.3) is 21.6 Å². The first kappa shape index (κ1) is 17.1. The molecular formula is C27H23NS. The van der Waals surface area contributed by atoms with Crippen LogP contribution in [-0.4, -0.2) is 7.05 Å². The number of aryl methyl sites for hydroxylation is 1. The Kier molecular flexibility index (Phi) is 3.43. The zero-order valence-electron chi connectivity index (χ0n) is 17.0. The van der Waals surface area contributed by atoms with Crippen molar-refractivity contribution in [3.63, 3.8) is 0 Å². The van der Waals surface area contributed by atoms with E-state index in [0.717, 1.165) is 6.42 Å². The van der Waals surface area contributed by atoms with Crippen molar-refractivity contribution in [2.24, 2.45) is 0 Å². The van der Waals surface area contributed by atoms with Crippen molar-refractivity contribution < 1.29 is 0 Å². The highest BCUT2D eigenvalue weighted by molar-refractivity contribution is 7.20. The molecular weight excluding hydrogens is 370 g/mol. The average Bonchev–Trinajstić information content (AvgIpc) is 3.36. The Labute approximate surface area is 176 Å². The molecule has 2 aliphatic rings. The number of fused-ring (bicyclic) bond motifs is 10. The first-order valence-electron chi connectivity index (χ1n) is 10.4. The van der Waals surface area contributed by atoms with Crippen molar-refractivity contribution in [1.82, 2.24) is 0 Å². The number of benzene rings is 3. The van der Waals surface area contributed by atoms with Crippen molar-refractivity contribution in [1.29, 1.82) is 0 Å². The van der Waals surface area contributed by atoms with Gasteiger partial charge in [0.25, 0.3) is 0 Å². The van der Waals surface area contributed by atoms with Gasteiger partial charge in [-0.25, -0.2) is 0 Å². The molecule has 0 amide bonds. The monoisotopic (exact) mass is 393 g/mol. The van der Waals surface area contributed by atoms with Gasteiger partial charge in [-0.2, -0.15) is 0 Å². The minimum absolute atomic E-state index is 0.208. The Morgan fingerprint density at radius 2 is 1.48 bits per heavy atom. The maximum atomic E-state index is 3.49. The molecule has 1 N–H and O–H groups in total. The Hall–Kier alpha value is -2.84. The minimum atomic E-state index is -0.208. The third kappa shape index (κ3) is 1.91. The van der Waals surface area contributed by atoms with Gasteiger partial charge in [0.2, 0.25) is 0 Å². The number of anilines is 1. The molecule has 0 saturated carbocycles. The molecule has 4 aromatic rings. The van der Waals surface area contributed by atoms with Crippen LogP contribution in [0.15, 0.2) is 66.7 Å². The fourth-order valence-electron chi connectivity index (χ4n) is 5.69. The predicted molar refractivity (Wildman–Crippen MR) is 124 cm³/mol. The summed E-state index contributed by atoms with van der Waals surface area (Å²) in [5.41, 5.74) is 12.6. The third-order valence-corrected chi connectivity index (χ3v) is 8.02. The van der Waals surface area contributed by atoms with Crippen LogP contribution >= 0.6 is 11.3 Å². The molecule has 1 atom stereocenters. The molecule has 142 valence electrons. The number of hydrogen-bond acceptors (Lipinski definition) is 2. The molecule has 1 spiro atoms.